The monoisotopic (exact) mass is 430 g/mol. The van der Waals surface area contributed by atoms with Crippen molar-refractivity contribution in [3.8, 4) is 5.75 Å². The molecule has 0 spiro atoms. The van der Waals surface area contributed by atoms with Crippen LogP contribution in [-0.2, 0) is 9.59 Å². The van der Waals surface area contributed by atoms with Crippen LogP contribution >= 0.6 is 12.2 Å². The molecule has 1 atom stereocenters. The van der Waals surface area contributed by atoms with Crippen molar-refractivity contribution in [1.29, 1.82) is 0 Å². The summed E-state index contributed by atoms with van der Waals surface area (Å²) >= 11 is 5.22. The fourth-order valence-corrected chi connectivity index (χ4v) is 3.22. The number of carbonyl (C=O) groups is 3. The smallest absolute Gasteiger partial charge is 0.269 e. The Morgan fingerprint density at radius 2 is 1.93 bits per heavy atom. The number of methoxy groups -OCH3 is 1. The van der Waals surface area contributed by atoms with Crippen LogP contribution in [0, 0.1) is 5.82 Å². The van der Waals surface area contributed by atoms with E-state index in [1.165, 1.54) is 37.3 Å². The van der Waals surface area contributed by atoms with E-state index in [1.54, 1.807) is 24.3 Å². The van der Waals surface area contributed by atoms with Crippen LogP contribution in [-0.4, -0.2) is 52.9 Å². The molecule has 1 heterocycles. The van der Waals surface area contributed by atoms with Gasteiger partial charge in [0.15, 0.2) is 5.11 Å². The maximum Gasteiger partial charge on any atom is 0.269 e. The highest BCUT2D eigenvalue weighted by molar-refractivity contribution is 7.80. The summed E-state index contributed by atoms with van der Waals surface area (Å²) in [6.45, 7) is 0. The lowest BCUT2D eigenvalue weighted by atomic mass is 10.1. The van der Waals surface area contributed by atoms with Crippen LogP contribution in [0.4, 0.5) is 10.1 Å². The number of ether oxygens (including phenoxy) is 1. The zero-order valence-corrected chi connectivity index (χ0v) is 17.0. The molecule has 1 unspecified atom stereocenters. The van der Waals surface area contributed by atoms with Crippen LogP contribution in [0.15, 0.2) is 48.5 Å². The first kappa shape index (κ1) is 21.2. The number of thiocarbonyl (C=S) groups is 1. The minimum atomic E-state index is -1.05. The largest absolute Gasteiger partial charge is 0.495 e. The number of benzene rings is 2. The topological polar surface area (TPSA) is 91.0 Å². The molecule has 2 aromatic carbocycles. The van der Waals surface area contributed by atoms with E-state index in [0.717, 1.165) is 11.1 Å². The van der Waals surface area contributed by atoms with Crippen LogP contribution in [0.5, 0.6) is 5.75 Å². The van der Waals surface area contributed by atoms with Crippen LogP contribution in [0.1, 0.15) is 16.8 Å². The molecule has 0 radical (unpaired) electrons. The Bertz CT molecular complexity index is 1020. The molecule has 0 aliphatic carbocycles. The van der Waals surface area contributed by atoms with E-state index in [1.807, 2.05) is 0 Å². The summed E-state index contributed by atoms with van der Waals surface area (Å²) in [6.07, 6.45) is -0.273. The molecule has 3 rings (SSSR count). The van der Waals surface area contributed by atoms with Crippen molar-refractivity contribution < 1.29 is 23.5 Å². The van der Waals surface area contributed by atoms with Crippen LogP contribution in [0.3, 0.4) is 0 Å². The summed E-state index contributed by atoms with van der Waals surface area (Å²) in [7, 11) is 2.92. The first-order valence-electron chi connectivity index (χ1n) is 8.92. The Morgan fingerprint density at radius 1 is 1.20 bits per heavy atom. The van der Waals surface area contributed by atoms with Gasteiger partial charge in [0.1, 0.15) is 17.6 Å². The van der Waals surface area contributed by atoms with E-state index in [9.17, 15) is 18.8 Å². The number of likely N-dealkylation sites (N-methyl/N-ethyl adjacent to an activating group) is 1. The Labute approximate surface area is 177 Å². The standard InChI is InChI=1S/C20H19FN4O4S/c1-24-19(28)15(11-17(26)22-14-8-3-4-9-16(14)29-2)25(20(24)30)23-18(27)12-6-5-7-13(21)10-12/h3-10,15H,11H2,1-2H3,(H,22,26)(H,23,27). The number of hydrogen-bond acceptors (Lipinski definition) is 5. The van der Waals surface area contributed by atoms with Crippen molar-refractivity contribution >= 4 is 40.7 Å². The zero-order chi connectivity index (χ0) is 21.8. The third-order valence-corrected chi connectivity index (χ3v) is 4.96. The Balaban J connectivity index is 1.75. The average molecular weight is 430 g/mol. The maximum absolute atomic E-state index is 13.4. The number of carbonyl (C=O) groups excluding carboxylic acids is 3. The highest BCUT2D eigenvalue weighted by Crippen LogP contribution is 2.24. The predicted molar refractivity (Wildman–Crippen MR) is 111 cm³/mol. The summed E-state index contributed by atoms with van der Waals surface area (Å²) in [4.78, 5) is 38.8. The van der Waals surface area contributed by atoms with Crippen molar-refractivity contribution in [3.05, 3.63) is 59.9 Å². The molecule has 8 nitrogen and oxygen atoms in total. The van der Waals surface area contributed by atoms with Gasteiger partial charge in [-0.2, -0.15) is 0 Å². The fourth-order valence-electron chi connectivity index (χ4n) is 2.96. The van der Waals surface area contributed by atoms with E-state index in [0.29, 0.717) is 11.4 Å². The van der Waals surface area contributed by atoms with Crippen LogP contribution < -0.4 is 15.5 Å². The zero-order valence-electron chi connectivity index (χ0n) is 16.2. The van der Waals surface area contributed by atoms with Crippen molar-refractivity contribution in [1.82, 2.24) is 15.3 Å². The normalized spacial score (nSPS) is 15.9. The lowest BCUT2D eigenvalue weighted by Gasteiger charge is -2.24. The predicted octanol–water partition coefficient (Wildman–Crippen LogP) is 1.94. The molecule has 1 fully saturated rings. The molecule has 1 aliphatic rings. The van der Waals surface area contributed by atoms with Gasteiger partial charge in [0.05, 0.1) is 19.2 Å². The van der Waals surface area contributed by atoms with Gasteiger partial charge in [-0.3, -0.25) is 24.7 Å². The molecule has 2 N–H and O–H groups in total. The molecule has 10 heteroatoms. The fraction of sp³-hybridized carbons (Fsp3) is 0.200. The van der Waals surface area contributed by atoms with E-state index in [2.05, 4.69) is 10.7 Å². The summed E-state index contributed by atoms with van der Waals surface area (Å²) in [6, 6.07) is 10.9. The molecular weight excluding hydrogens is 411 g/mol. The molecule has 2 aromatic rings. The number of hydrogen-bond donors (Lipinski definition) is 2. The molecule has 30 heavy (non-hydrogen) atoms. The number of nitrogens with one attached hydrogen (secondary N) is 2. The highest BCUT2D eigenvalue weighted by Gasteiger charge is 2.42. The minimum Gasteiger partial charge on any atom is -0.495 e. The highest BCUT2D eigenvalue weighted by atomic mass is 32.1. The first-order chi connectivity index (χ1) is 14.3. The molecule has 0 bridgehead atoms. The van der Waals surface area contributed by atoms with Gasteiger partial charge < -0.3 is 10.1 Å². The second-order valence-electron chi connectivity index (χ2n) is 6.47. The van der Waals surface area contributed by atoms with E-state index in [4.69, 9.17) is 17.0 Å². The van der Waals surface area contributed by atoms with E-state index < -0.39 is 29.6 Å². The van der Waals surface area contributed by atoms with E-state index in [-0.39, 0.29) is 17.1 Å². The van der Waals surface area contributed by atoms with E-state index >= 15 is 0 Å². The van der Waals surface area contributed by atoms with Crippen LogP contribution in [0.2, 0.25) is 0 Å². The molecule has 0 aromatic heterocycles. The lowest BCUT2D eigenvalue weighted by Crippen LogP contribution is -2.49. The summed E-state index contributed by atoms with van der Waals surface area (Å²) < 4.78 is 18.6. The summed E-state index contributed by atoms with van der Waals surface area (Å²) in [5, 5.41) is 3.86. The SMILES string of the molecule is COc1ccccc1NC(=O)CC1C(=O)N(C)C(=S)N1NC(=O)c1cccc(F)c1. The summed E-state index contributed by atoms with van der Waals surface area (Å²) in [5.74, 6) is -1.69. The van der Waals surface area contributed by atoms with Crippen molar-refractivity contribution in [2.75, 3.05) is 19.5 Å². The molecular formula is C20H19FN4O4S. The van der Waals surface area contributed by atoms with Gasteiger partial charge in [0.2, 0.25) is 5.91 Å². The number of hydrazine groups is 1. The number of nitrogens with zero attached hydrogens (tertiary/aromatic N) is 2. The van der Waals surface area contributed by atoms with Gasteiger partial charge in [-0.25, -0.2) is 9.40 Å². The van der Waals surface area contributed by atoms with Crippen molar-refractivity contribution in [2.45, 2.75) is 12.5 Å². The number of rotatable bonds is 6. The number of para-hydroxylation sites is 2. The number of anilines is 1. The molecule has 1 aliphatic heterocycles. The molecule has 156 valence electrons. The average Bonchev–Trinajstić information content (AvgIpc) is 2.92. The van der Waals surface area contributed by atoms with Gasteiger partial charge in [0, 0.05) is 12.6 Å². The third kappa shape index (κ3) is 4.38. The second kappa shape index (κ2) is 8.87. The van der Waals surface area contributed by atoms with Gasteiger partial charge >= 0.3 is 0 Å². The number of halogens is 1. The minimum absolute atomic E-state index is 0.0276. The number of amides is 3. The Hall–Kier alpha value is -3.53. The first-order valence-corrected chi connectivity index (χ1v) is 9.33. The van der Waals surface area contributed by atoms with Crippen molar-refractivity contribution in [3.63, 3.8) is 0 Å². The molecule has 3 amide bonds. The van der Waals surface area contributed by atoms with Gasteiger partial charge in [-0.05, 0) is 42.5 Å². The van der Waals surface area contributed by atoms with Gasteiger partial charge in [-0.1, -0.05) is 18.2 Å². The second-order valence-corrected chi connectivity index (χ2v) is 6.83. The summed E-state index contributed by atoms with van der Waals surface area (Å²) in [5.41, 5.74) is 2.99. The molecule has 0 saturated carbocycles. The van der Waals surface area contributed by atoms with Gasteiger partial charge in [0.25, 0.3) is 11.8 Å². The maximum atomic E-state index is 13.4. The van der Waals surface area contributed by atoms with Crippen molar-refractivity contribution in [2.24, 2.45) is 0 Å². The molecule has 1 saturated heterocycles. The van der Waals surface area contributed by atoms with Crippen LogP contribution in [0.25, 0.3) is 0 Å². The Kier molecular flexibility index (Phi) is 6.26. The Morgan fingerprint density at radius 3 is 2.63 bits per heavy atom. The lowest BCUT2D eigenvalue weighted by molar-refractivity contribution is -0.130. The quantitative estimate of drug-likeness (QED) is 0.681. The van der Waals surface area contributed by atoms with Gasteiger partial charge in [-0.15, -0.1) is 0 Å². The third-order valence-electron chi connectivity index (χ3n) is 4.49.